The van der Waals surface area contributed by atoms with Gasteiger partial charge in [-0.3, -0.25) is 13.8 Å². The number of carbonyl (C=O) groups is 3. The van der Waals surface area contributed by atoms with E-state index in [4.69, 9.17) is 10.5 Å². The average Bonchev–Trinajstić information content (AvgIpc) is 2.65. The van der Waals surface area contributed by atoms with Crippen LogP contribution in [-0.2, 0) is 20.3 Å². The molecule has 1 atom stereocenters. The highest BCUT2D eigenvalue weighted by molar-refractivity contribution is 7.85. The molecule has 0 aliphatic heterocycles. The molecule has 0 heterocycles. The second-order valence-electron chi connectivity index (χ2n) is 5.20. The van der Waals surface area contributed by atoms with E-state index in [-0.39, 0.29) is 5.56 Å². The largest absolute Gasteiger partial charge is 0.452 e. The molecule has 2 aromatic rings. The van der Waals surface area contributed by atoms with Crippen LogP contribution in [-0.4, -0.2) is 34.4 Å². The maximum absolute atomic E-state index is 12.2. The minimum absolute atomic E-state index is 0.172. The lowest BCUT2D eigenvalue weighted by molar-refractivity contribution is -0.119. The summed E-state index contributed by atoms with van der Waals surface area (Å²) in [6, 6.07) is 12.4. The fourth-order valence-electron chi connectivity index (χ4n) is 2.11. The summed E-state index contributed by atoms with van der Waals surface area (Å²) in [4.78, 5) is 35.5. The van der Waals surface area contributed by atoms with Crippen LogP contribution in [0.2, 0.25) is 0 Å². The minimum atomic E-state index is -1.31. The Balaban J connectivity index is 1.96. The summed E-state index contributed by atoms with van der Waals surface area (Å²) in [6.07, 6.45) is 0. The lowest BCUT2D eigenvalue weighted by Gasteiger charge is -2.09. The highest BCUT2D eigenvalue weighted by Gasteiger charge is 2.17. The predicted octanol–water partition coefficient (Wildman–Crippen LogP) is 1.71. The Morgan fingerprint density at radius 3 is 2.35 bits per heavy atom. The van der Waals surface area contributed by atoms with E-state index in [9.17, 15) is 18.6 Å². The van der Waals surface area contributed by atoms with E-state index in [1.54, 1.807) is 25.1 Å². The molecule has 2 aromatic carbocycles. The van der Waals surface area contributed by atoms with Crippen LogP contribution >= 0.6 is 0 Å². The van der Waals surface area contributed by atoms with E-state index < -0.39 is 35.2 Å². The Kier molecular flexibility index (Phi) is 6.62. The third kappa shape index (κ3) is 5.00. The second kappa shape index (κ2) is 8.91. The molecule has 0 fully saturated rings. The monoisotopic (exact) mass is 374 g/mol. The van der Waals surface area contributed by atoms with Gasteiger partial charge in [0.2, 0.25) is 5.91 Å². The minimum Gasteiger partial charge on any atom is -0.452 e. The molecule has 7 nitrogen and oxygen atoms in total. The van der Waals surface area contributed by atoms with Crippen molar-refractivity contribution in [2.75, 3.05) is 17.7 Å². The van der Waals surface area contributed by atoms with Gasteiger partial charge in [-0.05, 0) is 36.4 Å². The smallest absolute Gasteiger partial charge is 0.339 e. The topological polar surface area (TPSA) is 116 Å². The molecule has 0 aromatic heterocycles. The molecule has 0 saturated heterocycles. The maximum atomic E-state index is 12.2. The molecule has 136 valence electrons. The van der Waals surface area contributed by atoms with Crippen LogP contribution in [0.4, 0.5) is 5.69 Å². The Morgan fingerprint density at radius 1 is 1.08 bits per heavy atom. The Labute approximate surface area is 153 Å². The van der Waals surface area contributed by atoms with Crippen LogP contribution < -0.4 is 11.1 Å². The van der Waals surface area contributed by atoms with E-state index in [0.29, 0.717) is 21.9 Å². The maximum Gasteiger partial charge on any atom is 0.339 e. The van der Waals surface area contributed by atoms with E-state index in [1.165, 1.54) is 30.3 Å². The highest BCUT2D eigenvalue weighted by atomic mass is 32.2. The number of hydrogen-bond acceptors (Lipinski definition) is 5. The van der Waals surface area contributed by atoms with Gasteiger partial charge in [0.05, 0.1) is 21.3 Å². The van der Waals surface area contributed by atoms with Gasteiger partial charge in [0.1, 0.15) is 0 Å². The zero-order chi connectivity index (χ0) is 19.1. The Bertz CT molecular complexity index is 849. The molecule has 0 aliphatic rings. The molecule has 0 aliphatic carbocycles. The zero-order valence-electron chi connectivity index (χ0n) is 14.1. The van der Waals surface area contributed by atoms with E-state index in [1.807, 2.05) is 0 Å². The van der Waals surface area contributed by atoms with Crippen molar-refractivity contribution in [1.82, 2.24) is 0 Å². The quantitative estimate of drug-likeness (QED) is 0.716. The average molecular weight is 374 g/mol. The van der Waals surface area contributed by atoms with Gasteiger partial charge in [0.15, 0.2) is 6.61 Å². The second-order valence-corrected chi connectivity index (χ2v) is 6.90. The number of esters is 1. The van der Waals surface area contributed by atoms with Crippen molar-refractivity contribution < 1.29 is 23.3 Å². The van der Waals surface area contributed by atoms with Crippen LogP contribution in [0, 0.1) is 0 Å². The summed E-state index contributed by atoms with van der Waals surface area (Å²) in [5.41, 5.74) is 6.06. The molecule has 3 N–H and O–H groups in total. The summed E-state index contributed by atoms with van der Waals surface area (Å²) in [7, 11) is -1.31. The van der Waals surface area contributed by atoms with Crippen LogP contribution in [0.25, 0.3) is 0 Å². The normalized spacial score (nSPS) is 11.4. The van der Waals surface area contributed by atoms with Crippen molar-refractivity contribution in [3.8, 4) is 0 Å². The summed E-state index contributed by atoms with van der Waals surface area (Å²) in [6.45, 7) is 1.25. The van der Waals surface area contributed by atoms with Gasteiger partial charge < -0.3 is 15.8 Å². The molecule has 8 heteroatoms. The van der Waals surface area contributed by atoms with Crippen molar-refractivity contribution in [3.63, 3.8) is 0 Å². The van der Waals surface area contributed by atoms with Gasteiger partial charge in [-0.2, -0.15) is 0 Å². The van der Waals surface area contributed by atoms with Crippen molar-refractivity contribution in [1.29, 1.82) is 0 Å². The first kappa shape index (κ1) is 19.3. The summed E-state index contributed by atoms with van der Waals surface area (Å²) in [5.74, 6) is -1.47. The molecule has 0 spiro atoms. The van der Waals surface area contributed by atoms with E-state index in [0.717, 1.165) is 0 Å². The summed E-state index contributed by atoms with van der Waals surface area (Å²) in [5, 5.41) is 2.54. The van der Waals surface area contributed by atoms with Gasteiger partial charge in [-0.25, -0.2) is 4.79 Å². The molecule has 0 bridgehead atoms. The summed E-state index contributed by atoms with van der Waals surface area (Å²) >= 11 is 0. The molecule has 0 radical (unpaired) electrons. The predicted molar refractivity (Wildman–Crippen MR) is 97.3 cm³/mol. The number of anilines is 1. The standard InChI is InChI=1S/C18H18N2O5S/c1-2-26(24)15-6-4-3-5-14(15)18(23)25-11-16(21)20-13-9-7-12(8-10-13)17(19)22/h3-10H,2,11H2,1H3,(H2,19,22)(H,20,21)/t26-/m0/s1. The molecular formula is C18H18N2O5S. The van der Waals surface area contributed by atoms with Gasteiger partial charge in [0, 0.05) is 17.0 Å². The first-order valence-corrected chi connectivity index (χ1v) is 9.08. The fourth-order valence-corrected chi connectivity index (χ4v) is 3.05. The third-order valence-electron chi connectivity index (χ3n) is 3.40. The van der Waals surface area contributed by atoms with Gasteiger partial charge >= 0.3 is 5.97 Å². The van der Waals surface area contributed by atoms with Gasteiger partial charge in [-0.1, -0.05) is 19.1 Å². The fraction of sp³-hybridized carbons (Fsp3) is 0.167. The molecule has 2 amide bonds. The molecule has 0 saturated carbocycles. The lowest BCUT2D eigenvalue weighted by atomic mass is 10.2. The van der Waals surface area contributed by atoms with Crippen molar-refractivity contribution >= 4 is 34.3 Å². The number of amides is 2. The van der Waals surface area contributed by atoms with Crippen LogP contribution in [0.1, 0.15) is 27.6 Å². The number of rotatable bonds is 7. The Hall–Kier alpha value is -3.00. The number of ether oxygens (including phenoxy) is 1. The van der Waals surface area contributed by atoms with Gasteiger partial charge in [-0.15, -0.1) is 0 Å². The first-order valence-electron chi connectivity index (χ1n) is 7.76. The molecule has 0 unspecified atom stereocenters. The summed E-state index contributed by atoms with van der Waals surface area (Å²) < 4.78 is 17.0. The first-order chi connectivity index (χ1) is 12.4. The number of primary amides is 1. The molecule has 26 heavy (non-hydrogen) atoms. The lowest BCUT2D eigenvalue weighted by Crippen LogP contribution is -2.21. The zero-order valence-corrected chi connectivity index (χ0v) is 14.9. The van der Waals surface area contributed by atoms with Crippen LogP contribution in [0.3, 0.4) is 0 Å². The number of nitrogens with two attached hydrogens (primary N) is 1. The number of hydrogen-bond donors (Lipinski definition) is 2. The van der Waals surface area contributed by atoms with E-state index >= 15 is 0 Å². The highest BCUT2D eigenvalue weighted by Crippen LogP contribution is 2.15. The van der Waals surface area contributed by atoms with Crippen LogP contribution in [0.15, 0.2) is 53.4 Å². The van der Waals surface area contributed by atoms with Crippen LogP contribution in [0.5, 0.6) is 0 Å². The Morgan fingerprint density at radius 2 is 1.73 bits per heavy atom. The molecule has 2 rings (SSSR count). The van der Waals surface area contributed by atoms with Crippen molar-refractivity contribution in [3.05, 3.63) is 59.7 Å². The van der Waals surface area contributed by atoms with Crippen molar-refractivity contribution in [2.24, 2.45) is 5.73 Å². The number of benzene rings is 2. The van der Waals surface area contributed by atoms with Crippen molar-refractivity contribution in [2.45, 2.75) is 11.8 Å². The number of carbonyl (C=O) groups excluding carboxylic acids is 3. The van der Waals surface area contributed by atoms with E-state index in [2.05, 4.69) is 5.32 Å². The van der Waals surface area contributed by atoms with Gasteiger partial charge in [0.25, 0.3) is 5.91 Å². The SMILES string of the molecule is CC[S@](=O)c1ccccc1C(=O)OCC(=O)Nc1ccc(C(N)=O)cc1. The third-order valence-corrected chi connectivity index (χ3v) is 4.77. The molecular weight excluding hydrogens is 356 g/mol. The number of nitrogens with one attached hydrogen (secondary N) is 1.